The number of hydrogen-bond acceptors (Lipinski definition) is 8. The van der Waals surface area contributed by atoms with Crippen molar-refractivity contribution >= 4 is 41.0 Å². The Kier molecular flexibility index (Phi) is 11.5. The zero-order valence-corrected chi connectivity index (χ0v) is 29.7. The van der Waals surface area contributed by atoms with Crippen LogP contribution < -0.4 is 19.1 Å². The van der Waals surface area contributed by atoms with Crippen LogP contribution in [0.3, 0.4) is 0 Å². The molecule has 0 N–H and O–H groups in total. The van der Waals surface area contributed by atoms with Crippen LogP contribution in [0.25, 0.3) is 0 Å². The number of halogens is 3. The number of para-hydroxylation sites is 1. The molecule has 4 heterocycles. The van der Waals surface area contributed by atoms with Crippen molar-refractivity contribution in [2.75, 3.05) is 38.8 Å². The van der Waals surface area contributed by atoms with Gasteiger partial charge in [0.05, 0.1) is 32.9 Å². The van der Waals surface area contributed by atoms with Crippen molar-refractivity contribution in [1.82, 2.24) is 4.90 Å². The fourth-order valence-corrected chi connectivity index (χ4v) is 7.33. The van der Waals surface area contributed by atoms with Crippen molar-refractivity contribution < 1.29 is 37.7 Å². The summed E-state index contributed by atoms with van der Waals surface area (Å²) in [6.45, 7) is 2.68. The maximum absolute atomic E-state index is 15.1. The van der Waals surface area contributed by atoms with Crippen molar-refractivity contribution in [3.05, 3.63) is 122 Å². The number of hydrogen-bond donors (Lipinski definition) is 0. The van der Waals surface area contributed by atoms with Gasteiger partial charge in [-0.1, -0.05) is 65.7 Å². The summed E-state index contributed by atoms with van der Waals surface area (Å²) in [5.74, 6) is 0.103. The maximum atomic E-state index is 15.1. The predicted octanol–water partition coefficient (Wildman–Crippen LogP) is 7.09. The standard InChI is InChI=1S/C38H38Cl2FN3O7/c1-48-33-11-10-27(18-35(33)49-2)34(19-28-29(39)21-43(47)22-30(28)40)50-37(45)17-24-6-5-7-25(16-24)20-44(32-9-4-3-8-31(32)41)38(46)51-36-23-42-14-12-26(36)13-15-42/h3-11,16,18,21-22,26,34,36H,12-15,17,19-20,23H2,1-2H3/t34-,36-/m0/s1. The Morgan fingerprint density at radius 2 is 1.67 bits per heavy atom. The molecule has 2 atom stereocenters. The van der Waals surface area contributed by atoms with Crippen molar-refractivity contribution in [3.8, 4) is 11.5 Å². The summed E-state index contributed by atoms with van der Waals surface area (Å²) in [6, 6.07) is 18.3. The average Bonchev–Trinajstić information content (AvgIpc) is 3.12. The van der Waals surface area contributed by atoms with E-state index in [0.717, 1.165) is 25.9 Å². The van der Waals surface area contributed by atoms with Gasteiger partial charge in [0.1, 0.15) is 28.1 Å². The van der Waals surface area contributed by atoms with Crippen molar-refractivity contribution in [2.45, 2.75) is 44.4 Å². The minimum Gasteiger partial charge on any atom is -0.619 e. The first-order chi connectivity index (χ1) is 24.6. The van der Waals surface area contributed by atoms with Crippen LogP contribution >= 0.6 is 23.2 Å². The van der Waals surface area contributed by atoms with E-state index in [1.807, 2.05) is 0 Å². The second-order valence-corrected chi connectivity index (χ2v) is 13.5. The lowest BCUT2D eigenvalue weighted by Crippen LogP contribution is -2.53. The number of esters is 1. The molecule has 0 aliphatic carbocycles. The Hall–Kier alpha value is -4.58. The molecule has 1 amide bonds. The van der Waals surface area contributed by atoms with Crippen molar-refractivity contribution in [1.29, 1.82) is 0 Å². The number of anilines is 1. The SMILES string of the molecule is COc1ccc([C@H](Cc2c(Cl)c[n+]([O-])cc2Cl)OC(=O)Cc2cccc(CN(C(=O)O[C@H]3CN4CCC3CC4)c3ccccc3F)c2)cc1OC. The summed E-state index contributed by atoms with van der Waals surface area (Å²) < 4.78 is 38.5. The number of carbonyl (C=O) groups is 2. The Morgan fingerprint density at radius 1 is 0.961 bits per heavy atom. The lowest BCUT2D eigenvalue weighted by atomic mass is 9.86. The Morgan fingerprint density at radius 3 is 2.33 bits per heavy atom. The molecule has 51 heavy (non-hydrogen) atoms. The smallest absolute Gasteiger partial charge is 0.415 e. The van der Waals surface area contributed by atoms with Crippen LogP contribution in [-0.2, 0) is 33.7 Å². The molecule has 0 spiro atoms. The summed E-state index contributed by atoms with van der Waals surface area (Å²) in [5.41, 5.74) is 2.40. The van der Waals surface area contributed by atoms with Gasteiger partial charge in [0.2, 0.25) is 0 Å². The fraction of sp³-hybridized carbons (Fsp3) is 0.342. The number of carbonyl (C=O) groups excluding carboxylic acids is 2. The molecule has 13 heteroatoms. The van der Waals surface area contributed by atoms with E-state index in [0.29, 0.717) is 45.0 Å². The van der Waals surface area contributed by atoms with E-state index < -0.39 is 24.0 Å². The third kappa shape index (κ3) is 8.66. The van der Waals surface area contributed by atoms with Gasteiger partial charge >= 0.3 is 12.1 Å². The highest BCUT2D eigenvalue weighted by atomic mass is 35.5. The quantitative estimate of drug-likeness (QED) is 0.0863. The van der Waals surface area contributed by atoms with Crippen LogP contribution in [0.15, 0.2) is 79.1 Å². The van der Waals surface area contributed by atoms with Crippen LogP contribution in [0.2, 0.25) is 10.0 Å². The second kappa shape index (κ2) is 16.2. The summed E-state index contributed by atoms with van der Waals surface area (Å²) in [4.78, 5) is 30.8. The number of benzene rings is 3. The number of pyridine rings is 1. The molecule has 3 aliphatic rings. The van der Waals surface area contributed by atoms with Crippen LogP contribution in [-0.4, -0.2) is 56.9 Å². The lowest BCUT2D eigenvalue weighted by molar-refractivity contribution is -0.605. The molecule has 10 nitrogen and oxygen atoms in total. The van der Waals surface area contributed by atoms with E-state index >= 15 is 4.39 Å². The molecule has 3 fully saturated rings. The average molecular weight is 739 g/mol. The molecular weight excluding hydrogens is 700 g/mol. The molecule has 2 bridgehead atoms. The molecular formula is C38H38Cl2FN3O7. The third-order valence-electron chi connectivity index (χ3n) is 9.39. The first kappa shape index (κ1) is 36.2. The largest absolute Gasteiger partial charge is 0.619 e. The predicted molar refractivity (Wildman–Crippen MR) is 190 cm³/mol. The maximum Gasteiger partial charge on any atom is 0.415 e. The van der Waals surface area contributed by atoms with Crippen molar-refractivity contribution in [3.63, 3.8) is 0 Å². The van der Waals surface area contributed by atoms with Crippen LogP contribution in [0.1, 0.15) is 41.2 Å². The molecule has 0 radical (unpaired) electrons. The minimum absolute atomic E-state index is 0.0166. The summed E-state index contributed by atoms with van der Waals surface area (Å²) in [7, 11) is 3.01. The number of fused-ring (bicyclic) bond motifs is 3. The van der Waals surface area contributed by atoms with E-state index in [1.165, 1.54) is 37.6 Å². The first-order valence-electron chi connectivity index (χ1n) is 16.6. The highest BCUT2D eigenvalue weighted by Crippen LogP contribution is 2.36. The molecule has 3 saturated heterocycles. The Labute approximate surface area is 305 Å². The van der Waals surface area contributed by atoms with Gasteiger partial charge < -0.3 is 24.2 Å². The number of nitrogens with zero attached hydrogens (tertiary/aromatic N) is 3. The molecule has 268 valence electrons. The Balaban J connectivity index is 1.21. The molecule has 0 unspecified atom stereocenters. The number of rotatable bonds is 12. The van der Waals surface area contributed by atoms with Crippen LogP contribution in [0.4, 0.5) is 14.9 Å². The zero-order valence-electron chi connectivity index (χ0n) is 28.2. The fourth-order valence-electron chi connectivity index (χ4n) is 6.74. The normalized spacial score (nSPS) is 18.5. The van der Waals surface area contributed by atoms with Gasteiger partial charge in [-0.2, -0.15) is 4.73 Å². The van der Waals surface area contributed by atoms with E-state index in [-0.39, 0.29) is 47.1 Å². The van der Waals surface area contributed by atoms with Gasteiger partial charge in [0.15, 0.2) is 23.9 Å². The topological polar surface area (TPSA) is 104 Å². The number of amides is 1. The van der Waals surface area contributed by atoms with Gasteiger partial charge in [-0.3, -0.25) is 14.6 Å². The molecule has 0 saturated carbocycles. The number of piperidine rings is 3. The lowest BCUT2D eigenvalue weighted by Gasteiger charge is -2.44. The molecule has 3 aliphatic heterocycles. The first-order valence-corrected chi connectivity index (χ1v) is 17.4. The summed E-state index contributed by atoms with van der Waals surface area (Å²) in [6.07, 6.45) is 2.51. The van der Waals surface area contributed by atoms with Crippen LogP contribution in [0, 0.1) is 16.9 Å². The van der Waals surface area contributed by atoms with Gasteiger partial charge in [0, 0.05) is 18.5 Å². The van der Waals surface area contributed by atoms with Gasteiger partial charge in [-0.05, 0) is 72.8 Å². The molecule has 1 aromatic heterocycles. The van der Waals surface area contributed by atoms with Gasteiger partial charge in [-0.15, -0.1) is 0 Å². The van der Waals surface area contributed by atoms with Gasteiger partial charge in [0.25, 0.3) is 0 Å². The summed E-state index contributed by atoms with van der Waals surface area (Å²) >= 11 is 12.8. The number of ether oxygens (including phenoxy) is 4. The number of methoxy groups -OCH3 is 2. The van der Waals surface area contributed by atoms with E-state index in [9.17, 15) is 14.8 Å². The summed E-state index contributed by atoms with van der Waals surface area (Å²) in [5, 5.41) is 12.1. The zero-order chi connectivity index (χ0) is 36.1. The number of aromatic nitrogens is 1. The highest BCUT2D eigenvalue weighted by Gasteiger charge is 2.38. The molecule has 4 aromatic rings. The van der Waals surface area contributed by atoms with Gasteiger partial charge in [-0.25, -0.2) is 9.18 Å². The molecule has 3 aromatic carbocycles. The third-order valence-corrected chi connectivity index (χ3v) is 10.0. The van der Waals surface area contributed by atoms with E-state index in [1.54, 1.807) is 60.7 Å². The van der Waals surface area contributed by atoms with Crippen LogP contribution in [0.5, 0.6) is 11.5 Å². The van der Waals surface area contributed by atoms with E-state index in [4.69, 9.17) is 42.1 Å². The minimum atomic E-state index is -0.865. The Bertz CT molecular complexity index is 1870. The second-order valence-electron chi connectivity index (χ2n) is 12.7. The van der Waals surface area contributed by atoms with E-state index in [2.05, 4.69) is 4.90 Å². The highest BCUT2D eigenvalue weighted by molar-refractivity contribution is 6.35. The monoisotopic (exact) mass is 737 g/mol. The van der Waals surface area contributed by atoms with Crippen molar-refractivity contribution in [2.24, 2.45) is 5.92 Å². The molecule has 7 rings (SSSR count).